The fraction of sp³-hybridized carbons (Fsp3) is 0. The van der Waals surface area contributed by atoms with E-state index in [1.165, 1.54) is 6.08 Å². The summed E-state index contributed by atoms with van der Waals surface area (Å²) >= 11 is 0.216. The van der Waals surface area contributed by atoms with E-state index >= 15 is 0 Å². The first kappa shape index (κ1) is 7.52. The molecule has 3 nitrogen and oxygen atoms in total. The summed E-state index contributed by atoms with van der Waals surface area (Å²) in [6.45, 7) is 0. The van der Waals surface area contributed by atoms with Crippen LogP contribution in [0.5, 0.6) is 0 Å². The second-order valence-electron chi connectivity index (χ2n) is 2.35. The molecule has 2 heterocycles. The minimum absolute atomic E-state index is 0.216. The standard InChI is InChI=1S/C8H5NO2Se/c10-7-4-5(8(11)9-7)6-2-1-3-12-6/h1-4H,(H,9,10,11). The van der Waals surface area contributed by atoms with Crippen LogP contribution < -0.4 is 5.32 Å². The Labute approximate surface area is 74.8 Å². The Balaban J connectivity index is 2.43. The van der Waals surface area contributed by atoms with E-state index in [4.69, 9.17) is 0 Å². The summed E-state index contributed by atoms with van der Waals surface area (Å²) in [5, 5.41) is 2.21. The quantitative estimate of drug-likeness (QED) is 0.531. The summed E-state index contributed by atoms with van der Waals surface area (Å²) in [7, 11) is 0. The number of rotatable bonds is 1. The van der Waals surface area contributed by atoms with Crippen LogP contribution in [0, 0.1) is 0 Å². The molecule has 2 amide bonds. The van der Waals surface area contributed by atoms with Crippen molar-refractivity contribution in [1.29, 1.82) is 0 Å². The van der Waals surface area contributed by atoms with E-state index in [2.05, 4.69) is 5.32 Å². The van der Waals surface area contributed by atoms with Gasteiger partial charge in [0.05, 0.1) is 0 Å². The Bertz CT molecular complexity index is 364. The summed E-state index contributed by atoms with van der Waals surface area (Å²) in [6, 6.07) is 3.79. The van der Waals surface area contributed by atoms with Gasteiger partial charge in [0.15, 0.2) is 0 Å². The molecule has 0 saturated carbocycles. The number of amides is 2. The Morgan fingerprint density at radius 3 is 2.67 bits per heavy atom. The number of hydrogen-bond acceptors (Lipinski definition) is 2. The number of hydrogen-bond donors (Lipinski definition) is 1. The molecule has 0 aliphatic carbocycles. The molecule has 2 rings (SSSR count). The van der Waals surface area contributed by atoms with Crippen LogP contribution in [0.1, 0.15) is 4.44 Å². The van der Waals surface area contributed by atoms with Crippen molar-refractivity contribution < 1.29 is 9.59 Å². The fourth-order valence-corrected chi connectivity index (χ4v) is 2.58. The summed E-state index contributed by atoms with van der Waals surface area (Å²) in [4.78, 5) is 23.9. The number of nitrogens with one attached hydrogen (secondary N) is 1. The zero-order valence-corrected chi connectivity index (χ0v) is 7.75. The van der Waals surface area contributed by atoms with E-state index in [-0.39, 0.29) is 26.3 Å². The van der Waals surface area contributed by atoms with E-state index < -0.39 is 0 Å². The van der Waals surface area contributed by atoms with Gasteiger partial charge >= 0.3 is 74.4 Å². The zero-order chi connectivity index (χ0) is 8.55. The first-order chi connectivity index (χ1) is 5.77. The van der Waals surface area contributed by atoms with Crippen molar-refractivity contribution in [3.05, 3.63) is 27.6 Å². The summed E-state index contributed by atoms with van der Waals surface area (Å²) in [6.07, 6.45) is 1.36. The van der Waals surface area contributed by atoms with Gasteiger partial charge in [-0.05, 0) is 0 Å². The molecule has 4 heteroatoms. The van der Waals surface area contributed by atoms with Crippen LogP contribution in [-0.2, 0) is 9.59 Å². The summed E-state index contributed by atoms with van der Waals surface area (Å²) in [5.41, 5.74) is 0.532. The Morgan fingerprint density at radius 2 is 2.17 bits per heavy atom. The summed E-state index contributed by atoms with van der Waals surface area (Å²) in [5.74, 6) is -0.574. The fourth-order valence-electron chi connectivity index (χ4n) is 1.03. The van der Waals surface area contributed by atoms with Gasteiger partial charge in [0, 0.05) is 0 Å². The number of carbonyl (C=O) groups excluding carboxylic acids is 2. The van der Waals surface area contributed by atoms with E-state index in [0.29, 0.717) is 5.57 Å². The van der Waals surface area contributed by atoms with Gasteiger partial charge < -0.3 is 0 Å². The Kier molecular flexibility index (Phi) is 1.71. The van der Waals surface area contributed by atoms with Gasteiger partial charge in [0.25, 0.3) is 0 Å². The first-order valence-electron chi connectivity index (χ1n) is 3.38. The van der Waals surface area contributed by atoms with Gasteiger partial charge in [-0.2, -0.15) is 0 Å². The zero-order valence-electron chi connectivity index (χ0n) is 6.03. The molecular weight excluding hydrogens is 221 g/mol. The van der Waals surface area contributed by atoms with Crippen LogP contribution in [0.4, 0.5) is 0 Å². The van der Waals surface area contributed by atoms with Gasteiger partial charge in [-0.3, -0.25) is 0 Å². The average Bonchev–Trinajstić information content (AvgIpc) is 2.58. The molecular formula is C8H5NO2Se. The van der Waals surface area contributed by atoms with Crippen LogP contribution in [0.3, 0.4) is 0 Å². The van der Waals surface area contributed by atoms with Crippen LogP contribution in [0.25, 0.3) is 5.57 Å². The van der Waals surface area contributed by atoms with Gasteiger partial charge in [-0.1, -0.05) is 0 Å². The SMILES string of the molecule is O=C1C=C(c2ccc[se]2)C(=O)N1. The number of imide groups is 1. The van der Waals surface area contributed by atoms with Gasteiger partial charge in [-0.25, -0.2) is 0 Å². The van der Waals surface area contributed by atoms with Crippen molar-refractivity contribution in [1.82, 2.24) is 5.32 Å². The van der Waals surface area contributed by atoms with E-state index in [0.717, 1.165) is 4.44 Å². The van der Waals surface area contributed by atoms with Crippen LogP contribution in [0.2, 0.25) is 0 Å². The predicted octanol–water partition coefficient (Wildman–Crippen LogP) is -0.217. The Hall–Kier alpha value is -1.12. The van der Waals surface area contributed by atoms with Crippen molar-refractivity contribution in [3.8, 4) is 0 Å². The topological polar surface area (TPSA) is 46.2 Å². The van der Waals surface area contributed by atoms with Crippen molar-refractivity contribution in [3.63, 3.8) is 0 Å². The van der Waals surface area contributed by atoms with Crippen LogP contribution >= 0.6 is 0 Å². The van der Waals surface area contributed by atoms with Crippen molar-refractivity contribution in [2.75, 3.05) is 0 Å². The number of carbonyl (C=O) groups is 2. The van der Waals surface area contributed by atoms with E-state index in [1.54, 1.807) is 0 Å². The monoisotopic (exact) mass is 227 g/mol. The molecule has 1 aliphatic heterocycles. The van der Waals surface area contributed by atoms with Crippen LogP contribution in [-0.4, -0.2) is 26.3 Å². The van der Waals surface area contributed by atoms with Crippen molar-refractivity contribution in [2.45, 2.75) is 0 Å². The molecule has 0 aromatic carbocycles. The molecule has 0 bridgehead atoms. The second-order valence-corrected chi connectivity index (χ2v) is 4.34. The first-order valence-corrected chi connectivity index (χ1v) is 5.23. The van der Waals surface area contributed by atoms with Crippen molar-refractivity contribution >= 4 is 31.9 Å². The average molecular weight is 226 g/mol. The Morgan fingerprint density at radius 1 is 1.33 bits per heavy atom. The van der Waals surface area contributed by atoms with Crippen LogP contribution in [0.15, 0.2) is 23.1 Å². The third-order valence-electron chi connectivity index (χ3n) is 1.54. The third kappa shape index (κ3) is 1.15. The van der Waals surface area contributed by atoms with E-state index in [9.17, 15) is 9.59 Å². The minimum atomic E-state index is -0.307. The van der Waals surface area contributed by atoms with E-state index in [1.807, 2.05) is 17.1 Å². The molecule has 0 fully saturated rings. The molecule has 0 atom stereocenters. The normalized spacial score (nSPS) is 16.2. The molecule has 1 aromatic heterocycles. The van der Waals surface area contributed by atoms with Gasteiger partial charge in [0.2, 0.25) is 0 Å². The maximum atomic E-state index is 11.1. The van der Waals surface area contributed by atoms with Gasteiger partial charge in [0.1, 0.15) is 0 Å². The molecule has 1 N–H and O–H groups in total. The predicted molar refractivity (Wildman–Crippen MR) is 44.5 cm³/mol. The third-order valence-corrected chi connectivity index (χ3v) is 3.44. The molecule has 1 aliphatic rings. The maximum absolute atomic E-state index is 11.1. The molecule has 12 heavy (non-hydrogen) atoms. The van der Waals surface area contributed by atoms with Gasteiger partial charge in [-0.15, -0.1) is 0 Å². The second kappa shape index (κ2) is 2.73. The molecule has 0 saturated heterocycles. The molecule has 1 aromatic rings. The molecule has 0 spiro atoms. The molecule has 0 radical (unpaired) electrons. The van der Waals surface area contributed by atoms with Crippen molar-refractivity contribution in [2.24, 2.45) is 0 Å². The molecule has 60 valence electrons. The molecule has 0 unspecified atom stereocenters. The summed E-state index contributed by atoms with van der Waals surface area (Å²) < 4.78 is 0.978.